The van der Waals surface area contributed by atoms with Crippen molar-refractivity contribution in [3.8, 4) is 12.3 Å². The van der Waals surface area contributed by atoms with Crippen LogP contribution in [0.4, 0.5) is 0 Å². The van der Waals surface area contributed by atoms with E-state index in [1.54, 1.807) is 14.2 Å². The summed E-state index contributed by atoms with van der Waals surface area (Å²) < 4.78 is 32.3. The fourth-order valence-corrected chi connectivity index (χ4v) is 2.57. The van der Waals surface area contributed by atoms with Crippen molar-refractivity contribution < 1.29 is 28.4 Å². The van der Waals surface area contributed by atoms with Crippen LogP contribution < -0.4 is 0 Å². The molecule has 28 heavy (non-hydrogen) atoms. The third-order valence-corrected chi connectivity index (χ3v) is 4.00. The summed E-state index contributed by atoms with van der Waals surface area (Å²) in [6, 6.07) is 10.4. The molecule has 0 unspecified atom stereocenters. The summed E-state index contributed by atoms with van der Waals surface area (Å²) in [5.74, 6) is 2.57. The Labute approximate surface area is 169 Å². The minimum absolute atomic E-state index is 0.00267. The average molecular weight is 395 g/mol. The molecule has 1 aromatic carbocycles. The van der Waals surface area contributed by atoms with Crippen molar-refractivity contribution >= 4 is 0 Å². The number of hydrogen-bond acceptors (Lipinski definition) is 6. The number of methoxy groups -OCH3 is 2. The fourth-order valence-electron chi connectivity index (χ4n) is 2.57. The molecule has 158 valence electrons. The molecule has 2 atom stereocenters. The molecule has 0 saturated carbocycles. The Morgan fingerprint density at radius 3 is 2.11 bits per heavy atom. The Bertz CT molecular complexity index is 501. The van der Waals surface area contributed by atoms with Crippen LogP contribution in [-0.4, -0.2) is 66.4 Å². The largest absolute Gasteiger partial charge is 0.376 e. The van der Waals surface area contributed by atoms with Crippen molar-refractivity contribution in [1.82, 2.24) is 0 Å². The molecule has 0 aliphatic heterocycles. The minimum Gasteiger partial charge on any atom is -0.376 e. The van der Waals surface area contributed by atoms with E-state index in [1.165, 1.54) is 5.56 Å². The summed E-state index contributed by atoms with van der Waals surface area (Å²) in [7, 11) is 3.19. The molecular weight excluding hydrogens is 360 g/mol. The number of hydrogen-bond donors (Lipinski definition) is 0. The second kappa shape index (κ2) is 17.6. The molecule has 0 N–H and O–H groups in total. The van der Waals surface area contributed by atoms with Crippen molar-refractivity contribution in [1.29, 1.82) is 0 Å². The lowest BCUT2D eigenvalue weighted by Crippen LogP contribution is -2.24. The predicted octanol–water partition coefficient (Wildman–Crippen LogP) is 3.04. The van der Waals surface area contributed by atoms with Gasteiger partial charge in [0.25, 0.3) is 0 Å². The summed E-state index contributed by atoms with van der Waals surface area (Å²) in [5.41, 5.74) is 1.33. The molecule has 0 saturated heterocycles. The van der Waals surface area contributed by atoms with Crippen LogP contribution >= 0.6 is 0 Å². The molecule has 1 aromatic rings. The normalized spacial score (nSPS) is 13.2. The van der Waals surface area contributed by atoms with Gasteiger partial charge in [-0.2, -0.15) is 0 Å². The van der Waals surface area contributed by atoms with Crippen LogP contribution in [0.5, 0.6) is 0 Å². The van der Waals surface area contributed by atoms with E-state index in [9.17, 15) is 0 Å². The van der Waals surface area contributed by atoms with Crippen LogP contribution in [0.15, 0.2) is 30.3 Å². The number of benzene rings is 1. The van der Waals surface area contributed by atoms with E-state index in [4.69, 9.17) is 34.8 Å². The molecule has 1 rings (SSSR count). The van der Waals surface area contributed by atoms with Crippen molar-refractivity contribution in [2.24, 2.45) is 0 Å². The van der Waals surface area contributed by atoms with Crippen LogP contribution in [-0.2, 0) is 34.8 Å². The van der Waals surface area contributed by atoms with Crippen molar-refractivity contribution in [2.75, 3.05) is 54.2 Å². The zero-order valence-corrected chi connectivity index (χ0v) is 17.1. The lowest BCUT2D eigenvalue weighted by atomic mass is 10.1. The van der Waals surface area contributed by atoms with Crippen molar-refractivity contribution in [3.63, 3.8) is 0 Å². The van der Waals surface area contributed by atoms with Crippen LogP contribution in [0, 0.1) is 12.3 Å². The lowest BCUT2D eigenvalue weighted by Gasteiger charge is -2.18. The summed E-state index contributed by atoms with van der Waals surface area (Å²) >= 11 is 0. The molecule has 6 heteroatoms. The predicted molar refractivity (Wildman–Crippen MR) is 108 cm³/mol. The van der Waals surface area contributed by atoms with Gasteiger partial charge in [0.05, 0.1) is 38.6 Å². The molecule has 0 spiro atoms. The third-order valence-electron chi connectivity index (χ3n) is 4.00. The first-order valence-electron chi connectivity index (χ1n) is 9.64. The van der Waals surface area contributed by atoms with Gasteiger partial charge in [-0.15, -0.1) is 12.3 Å². The first kappa shape index (κ1) is 24.6. The molecule has 6 nitrogen and oxygen atoms in total. The van der Waals surface area contributed by atoms with Gasteiger partial charge in [0.2, 0.25) is 0 Å². The zero-order valence-electron chi connectivity index (χ0n) is 17.1. The SMILES string of the molecule is C#CC[C@@H](COCCOC[C@H](CCCc1ccccc1)OCOC)OCOC. The van der Waals surface area contributed by atoms with Crippen molar-refractivity contribution in [3.05, 3.63) is 35.9 Å². The Morgan fingerprint density at radius 1 is 0.893 bits per heavy atom. The van der Waals surface area contributed by atoms with Gasteiger partial charge in [-0.3, -0.25) is 0 Å². The highest BCUT2D eigenvalue weighted by atomic mass is 16.7. The van der Waals surface area contributed by atoms with E-state index >= 15 is 0 Å². The molecular formula is C22H34O6. The second-order valence-electron chi connectivity index (χ2n) is 6.33. The number of terminal acetylenes is 1. The summed E-state index contributed by atoms with van der Waals surface area (Å²) in [5, 5.41) is 0. The van der Waals surface area contributed by atoms with Gasteiger partial charge in [0, 0.05) is 20.6 Å². The number of aryl methyl sites for hydroxylation is 1. The average Bonchev–Trinajstić information content (AvgIpc) is 2.72. The van der Waals surface area contributed by atoms with Gasteiger partial charge < -0.3 is 28.4 Å². The maximum absolute atomic E-state index is 5.71. The van der Waals surface area contributed by atoms with Gasteiger partial charge in [0.1, 0.15) is 13.6 Å². The van der Waals surface area contributed by atoms with E-state index in [0.29, 0.717) is 32.8 Å². The van der Waals surface area contributed by atoms with Gasteiger partial charge in [-0.25, -0.2) is 0 Å². The Hall–Kier alpha value is -1.46. The summed E-state index contributed by atoms with van der Waals surface area (Å²) in [4.78, 5) is 0. The van der Waals surface area contributed by atoms with Gasteiger partial charge in [-0.1, -0.05) is 30.3 Å². The first-order chi connectivity index (χ1) is 13.8. The van der Waals surface area contributed by atoms with Gasteiger partial charge in [-0.05, 0) is 24.8 Å². The highest BCUT2D eigenvalue weighted by molar-refractivity contribution is 5.14. The zero-order chi connectivity index (χ0) is 20.3. The molecule has 0 bridgehead atoms. The second-order valence-corrected chi connectivity index (χ2v) is 6.33. The Balaban J connectivity index is 2.17. The Kier molecular flexibility index (Phi) is 15.5. The highest BCUT2D eigenvalue weighted by Gasteiger charge is 2.11. The number of ether oxygens (including phenoxy) is 6. The molecule has 0 aromatic heterocycles. The van der Waals surface area contributed by atoms with Crippen LogP contribution in [0.1, 0.15) is 24.8 Å². The molecule has 0 amide bonds. The number of rotatable bonds is 18. The molecule has 0 heterocycles. The molecule has 0 fully saturated rings. The van der Waals surface area contributed by atoms with E-state index in [1.807, 2.05) is 6.07 Å². The third kappa shape index (κ3) is 12.8. The molecule has 0 aliphatic rings. The fraction of sp³-hybridized carbons (Fsp3) is 0.636. The molecule has 0 radical (unpaired) electrons. The quantitative estimate of drug-likeness (QED) is 0.217. The summed E-state index contributed by atoms with van der Waals surface area (Å²) in [6.07, 6.45) is 8.61. The minimum atomic E-state index is -0.166. The Morgan fingerprint density at radius 2 is 1.50 bits per heavy atom. The van der Waals surface area contributed by atoms with Crippen LogP contribution in [0.2, 0.25) is 0 Å². The monoisotopic (exact) mass is 394 g/mol. The highest BCUT2D eigenvalue weighted by Crippen LogP contribution is 2.09. The van der Waals surface area contributed by atoms with Gasteiger partial charge >= 0.3 is 0 Å². The smallest absolute Gasteiger partial charge is 0.146 e. The van der Waals surface area contributed by atoms with Crippen molar-refractivity contribution in [2.45, 2.75) is 37.9 Å². The maximum Gasteiger partial charge on any atom is 0.146 e. The lowest BCUT2D eigenvalue weighted by molar-refractivity contribution is -0.111. The van der Waals surface area contributed by atoms with E-state index in [0.717, 1.165) is 19.3 Å². The van der Waals surface area contributed by atoms with Gasteiger partial charge in [0.15, 0.2) is 0 Å². The van der Waals surface area contributed by atoms with E-state index in [2.05, 4.69) is 30.2 Å². The molecule has 0 aliphatic carbocycles. The van der Waals surface area contributed by atoms with Crippen LogP contribution in [0.25, 0.3) is 0 Å². The first-order valence-corrected chi connectivity index (χ1v) is 9.64. The van der Waals surface area contributed by atoms with E-state index in [-0.39, 0.29) is 25.8 Å². The topological polar surface area (TPSA) is 55.4 Å². The standard InChI is InChI=1S/C22H34O6/c1-4-9-21(27-18-23-2)16-25-14-15-26-17-22(28-19-24-3)13-8-12-20-10-6-5-7-11-20/h1,5-7,10-11,21-22H,8-9,12-19H2,2-3H3/t21-,22-/m0/s1. The summed E-state index contributed by atoms with van der Waals surface area (Å²) in [6.45, 7) is 2.35. The van der Waals surface area contributed by atoms with Crippen LogP contribution in [0.3, 0.4) is 0 Å². The van der Waals surface area contributed by atoms with E-state index < -0.39 is 0 Å². The maximum atomic E-state index is 5.71.